The number of fused-ring (bicyclic) bond motifs is 1. The molecule has 0 spiro atoms. The highest BCUT2D eigenvalue weighted by molar-refractivity contribution is 5.93. The van der Waals surface area contributed by atoms with Crippen molar-refractivity contribution in [3.05, 3.63) is 36.0 Å². The Morgan fingerprint density at radius 3 is 2.76 bits per heavy atom. The zero-order chi connectivity index (χ0) is 11.5. The molecule has 0 amide bonds. The van der Waals surface area contributed by atoms with Gasteiger partial charge in [0.15, 0.2) is 0 Å². The minimum atomic E-state index is -0.892. The van der Waals surface area contributed by atoms with Crippen molar-refractivity contribution in [3.8, 4) is 0 Å². The van der Waals surface area contributed by atoms with Gasteiger partial charge in [-0.2, -0.15) is 0 Å². The van der Waals surface area contributed by atoms with Crippen LogP contribution >= 0.6 is 12.4 Å². The molecule has 17 heavy (non-hydrogen) atoms. The molecule has 4 nitrogen and oxygen atoms in total. The summed E-state index contributed by atoms with van der Waals surface area (Å²) >= 11 is 0. The zero-order valence-corrected chi connectivity index (χ0v) is 10.1. The van der Waals surface area contributed by atoms with Crippen molar-refractivity contribution in [3.63, 3.8) is 0 Å². The van der Waals surface area contributed by atoms with Gasteiger partial charge in [-0.05, 0) is 37.2 Å². The van der Waals surface area contributed by atoms with Gasteiger partial charge in [0.25, 0.3) is 0 Å². The van der Waals surface area contributed by atoms with Gasteiger partial charge in [-0.25, -0.2) is 4.79 Å². The monoisotopic (exact) mass is 254 g/mol. The number of rotatable bonds is 4. The predicted molar refractivity (Wildman–Crippen MR) is 69.8 cm³/mol. The van der Waals surface area contributed by atoms with Crippen LogP contribution in [0.5, 0.6) is 0 Å². The van der Waals surface area contributed by atoms with Crippen molar-refractivity contribution in [2.24, 2.45) is 5.73 Å². The molecule has 0 aliphatic carbocycles. The van der Waals surface area contributed by atoms with Gasteiger partial charge in [0.2, 0.25) is 0 Å². The van der Waals surface area contributed by atoms with Crippen LogP contribution < -0.4 is 5.73 Å². The van der Waals surface area contributed by atoms with Crippen LogP contribution in [0.2, 0.25) is 0 Å². The summed E-state index contributed by atoms with van der Waals surface area (Å²) < 4.78 is 2.09. The fourth-order valence-corrected chi connectivity index (χ4v) is 1.79. The van der Waals surface area contributed by atoms with Crippen molar-refractivity contribution in [1.82, 2.24) is 4.57 Å². The van der Waals surface area contributed by atoms with Crippen molar-refractivity contribution in [2.45, 2.75) is 13.0 Å². The maximum absolute atomic E-state index is 10.8. The quantitative estimate of drug-likeness (QED) is 0.878. The highest BCUT2D eigenvalue weighted by Crippen LogP contribution is 2.18. The van der Waals surface area contributed by atoms with Gasteiger partial charge in [-0.15, -0.1) is 12.4 Å². The summed E-state index contributed by atoms with van der Waals surface area (Å²) in [6.07, 6.45) is 2.89. The molecule has 2 aromatic rings. The number of aromatic nitrogens is 1. The average Bonchev–Trinajstić information content (AvgIpc) is 2.68. The number of aromatic carboxylic acids is 1. The molecule has 1 aromatic heterocycles. The fourth-order valence-electron chi connectivity index (χ4n) is 1.79. The molecule has 0 atom stereocenters. The Morgan fingerprint density at radius 1 is 1.35 bits per heavy atom. The lowest BCUT2D eigenvalue weighted by molar-refractivity contribution is 0.0697. The molecule has 3 N–H and O–H groups in total. The van der Waals surface area contributed by atoms with Crippen LogP contribution in [0.15, 0.2) is 30.5 Å². The van der Waals surface area contributed by atoms with Gasteiger partial charge in [-0.3, -0.25) is 0 Å². The summed E-state index contributed by atoms with van der Waals surface area (Å²) in [4.78, 5) is 10.8. The van der Waals surface area contributed by atoms with E-state index in [9.17, 15) is 4.79 Å². The molecular weight excluding hydrogens is 240 g/mol. The highest BCUT2D eigenvalue weighted by atomic mass is 35.5. The van der Waals surface area contributed by atoms with E-state index in [4.69, 9.17) is 10.8 Å². The molecule has 0 aliphatic rings. The van der Waals surface area contributed by atoms with Gasteiger partial charge in [-0.1, -0.05) is 0 Å². The smallest absolute Gasteiger partial charge is 0.335 e. The average molecular weight is 255 g/mol. The number of carbonyl (C=O) groups is 1. The Morgan fingerprint density at radius 2 is 2.12 bits per heavy atom. The molecule has 2 rings (SSSR count). The van der Waals surface area contributed by atoms with Crippen LogP contribution in [0, 0.1) is 0 Å². The fraction of sp³-hybridized carbons (Fsp3) is 0.250. The number of carboxylic acids is 1. The molecule has 92 valence electrons. The molecule has 0 fully saturated rings. The number of nitrogens with two attached hydrogens (primary N) is 1. The van der Waals surface area contributed by atoms with Crippen molar-refractivity contribution in [2.75, 3.05) is 6.54 Å². The van der Waals surface area contributed by atoms with Gasteiger partial charge < -0.3 is 15.4 Å². The Labute approximate surface area is 105 Å². The number of hydrogen-bond donors (Lipinski definition) is 2. The first-order valence-corrected chi connectivity index (χ1v) is 5.24. The number of benzene rings is 1. The molecule has 5 heteroatoms. The van der Waals surface area contributed by atoms with Gasteiger partial charge >= 0.3 is 5.97 Å². The number of carboxylic acid groups (broad SMARTS) is 1. The predicted octanol–water partition coefficient (Wildman–Crippen LogP) is 2.11. The minimum Gasteiger partial charge on any atom is -0.478 e. The van der Waals surface area contributed by atoms with Crippen LogP contribution in [0.3, 0.4) is 0 Å². The number of halogens is 1. The van der Waals surface area contributed by atoms with E-state index in [-0.39, 0.29) is 12.4 Å². The maximum atomic E-state index is 10.8. The Bertz CT molecular complexity index is 522. The maximum Gasteiger partial charge on any atom is 0.335 e. The summed E-state index contributed by atoms with van der Waals surface area (Å²) in [5.41, 5.74) is 6.84. The van der Waals surface area contributed by atoms with E-state index in [1.807, 2.05) is 18.3 Å². The Hall–Kier alpha value is -1.52. The van der Waals surface area contributed by atoms with Crippen molar-refractivity contribution in [1.29, 1.82) is 0 Å². The first-order valence-electron chi connectivity index (χ1n) is 5.24. The van der Waals surface area contributed by atoms with E-state index in [0.29, 0.717) is 12.1 Å². The normalized spacial score (nSPS) is 10.2. The molecule has 0 unspecified atom stereocenters. The van der Waals surface area contributed by atoms with Gasteiger partial charge in [0, 0.05) is 23.6 Å². The van der Waals surface area contributed by atoms with Crippen molar-refractivity contribution < 1.29 is 9.90 Å². The molecule has 1 aromatic carbocycles. The Kier molecular flexibility index (Phi) is 4.54. The lowest BCUT2D eigenvalue weighted by atomic mass is 10.1. The van der Waals surface area contributed by atoms with Crippen LogP contribution in [0.4, 0.5) is 0 Å². The minimum absolute atomic E-state index is 0. The Balaban J connectivity index is 0.00000144. The zero-order valence-electron chi connectivity index (χ0n) is 9.30. The molecular formula is C12H15ClN2O2. The van der Waals surface area contributed by atoms with Gasteiger partial charge in [0.1, 0.15) is 0 Å². The molecule has 1 heterocycles. The van der Waals surface area contributed by atoms with E-state index >= 15 is 0 Å². The second kappa shape index (κ2) is 5.70. The van der Waals surface area contributed by atoms with E-state index in [1.54, 1.807) is 12.1 Å². The van der Waals surface area contributed by atoms with Gasteiger partial charge in [0.05, 0.1) is 5.56 Å². The lowest BCUT2D eigenvalue weighted by Crippen LogP contribution is -2.04. The number of aryl methyl sites for hydroxylation is 1. The van der Waals surface area contributed by atoms with Crippen LogP contribution in [0.1, 0.15) is 16.8 Å². The van der Waals surface area contributed by atoms with E-state index < -0.39 is 5.97 Å². The standard InChI is InChI=1S/C12H14N2O2.ClH/c13-5-1-6-14-7-4-9-8-10(12(15)16)2-3-11(9)14;/h2-4,7-8H,1,5-6,13H2,(H,15,16);1H. The summed E-state index contributed by atoms with van der Waals surface area (Å²) in [6, 6.07) is 7.09. The van der Waals surface area contributed by atoms with E-state index in [2.05, 4.69) is 4.57 Å². The SMILES string of the molecule is Cl.NCCCn1ccc2cc(C(=O)O)ccc21. The molecule has 0 saturated carbocycles. The third-order valence-corrected chi connectivity index (χ3v) is 2.62. The highest BCUT2D eigenvalue weighted by Gasteiger charge is 2.05. The first-order chi connectivity index (χ1) is 7.72. The molecule has 0 saturated heterocycles. The second-order valence-electron chi connectivity index (χ2n) is 3.73. The third-order valence-electron chi connectivity index (χ3n) is 2.62. The topological polar surface area (TPSA) is 68.2 Å². The van der Waals surface area contributed by atoms with Crippen LogP contribution in [-0.4, -0.2) is 22.2 Å². The van der Waals surface area contributed by atoms with Crippen LogP contribution in [-0.2, 0) is 6.54 Å². The second-order valence-corrected chi connectivity index (χ2v) is 3.73. The third kappa shape index (κ3) is 2.78. The first kappa shape index (κ1) is 13.5. The number of hydrogen-bond acceptors (Lipinski definition) is 2. The molecule has 0 bridgehead atoms. The van der Waals surface area contributed by atoms with E-state index in [1.165, 1.54) is 0 Å². The van der Waals surface area contributed by atoms with Crippen molar-refractivity contribution >= 4 is 29.3 Å². The van der Waals surface area contributed by atoms with Crippen LogP contribution in [0.25, 0.3) is 10.9 Å². The molecule has 0 aliphatic heterocycles. The summed E-state index contributed by atoms with van der Waals surface area (Å²) in [7, 11) is 0. The lowest BCUT2D eigenvalue weighted by Gasteiger charge is -2.04. The summed E-state index contributed by atoms with van der Waals surface area (Å²) in [5.74, 6) is -0.892. The summed E-state index contributed by atoms with van der Waals surface area (Å²) in [5, 5.41) is 9.82. The van der Waals surface area contributed by atoms with E-state index in [0.717, 1.165) is 23.9 Å². The summed E-state index contributed by atoms with van der Waals surface area (Å²) in [6.45, 7) is 1.53. The number of nitrogens with zero attached hydrogens (tertiary/aromatic N) is 1. The largest absolute Gasteiger partial charge is 0.478 e. The molecule has 0 radical (unpaired) electrons.